The number of carbonyl (C=O) groups is 1. The minimum Gasteiger partial charge on any atom is -0.351 e. The molecule has 1 amide bonds. The van der Waals surface area contributed by atoms with Crippen LogP contribution in [0.3, 0.4) is 0 Å². The highest BCUT2D eigenvalue weighted by Crippen LogP contribution is 2.16. The van der Waals surface area contributed by atoms with Gasteiger partial charge >= 0.3 is 0 Å². The lowest BCUT2D eigenvalue weighted by atomic mass is 10.1. The Morgan fingerprint density at radius 1 is 1.39 bits per heavy atom. The molecule has 7 heteroatoms. The maximum atomic E-state index is 11.7. The van der Waals surface area contributed by atoms with Crippen molar-refractivity contribution in [3.63, 3.8) is 0 Å². The van der Waals surface area contributed by atoms with E-state index >= 15 is 0 Å². The average Bonchev–Trinajstić information content (AvgIpc) is 2.54. The monoisotopic (exact) mass is 313 g/mol. The zero-order valence-electron chi connectivity index (χ0n) is 11.1. The first-order chi connectivity index (χ1) is 7.54. The highest BCUT2D eigenvalue weighted by atomic mass is 35.5. The van der Waals surface area contributed by atoms with Gasteiger partial charge in [-0.05, 0) is 20.9 Å². The standard InChI is InChI=1S/C11H19N3OS.2ClH/c1-7(5-12-4)11(15)13-6-10-8(2)14-9(3)16-10;;/h7,12H,5-6H2,1-4H3,(H,13,15);2*1H. The molecule has 2 N–H and O–H groups in total. The largest absolute Gasteiger partial charge is 0.351 e. The van der Waals surface area contributed by atoms with Crippen LogP contribution >= 0.6 is 36.2 Å². The molecule has 106 valence electrons. The summed E-state index contributed by atoms with van der Waals surface area (Å²) in [5, 5.41) is 6.97. The lowest BCUT2D eigenvalue weighted by Crippen LogP contribution is -2.33. The molecule has 4 nitrogen and oxygen atoms in total. The molecule has 0 fully saturated rings. The van der Waals surface area contributed by atoms with Gasteiger partial charge in [0.25, 0.3) is 0 Å². The van der Waals surface area contributed by atoms with Crippen LogP contribution in [0.4, 0.5) is 0 Å². The smallest absolute Gasteiger partial charge is 0.224 e. The van der Waals surface area contributed by atoms with Crippen molar-refractivity contribution in [1.82, 2.24) is 15.6 Å². The first-order valence-electron chi connectivity index (χ1n) is 5.39. The molecule has 0 saturated carbocycles. The molecular formula is C11H21Cl2N3OS. The van der Waals surface area contributed by atoms with Gasteiger partial charge in [0.1, 0.15) is 0 Å². The minimum absolute atomic E-state index is 0. The van der Waals surface area contributed by atoms with Crippen molar-refractivity contribution in [1.29, 1.82) is 0 Å². The number of carbonyl (C=O) groups excluding carboxylic acids is 1. The Hall–Kier alpha value is -0.360. The van der Waals surface area contributed by atoms with Crippen molar-refractivity contribution in [2.24, 2.45) is 5.92 Å². The second kappa shape index (κ2) is 9.55. The summed E-state index contributed by atoms with van der Waals surface area (Å²) < 4.78 is 0. The summed E-state index contributed by atoms with van der Waals surface area (Å²) in [6.07, 6.45) is 0. The Morgan fingerprint density at radius 2 is 2.00 bits per heavy atom. The van der Waals surface area contributed by atoms with Gasteiger partial charge in [-0.3, -0.25) is 4.79 Å². The lowest BCUT2D eigenvalue weighted by Gasteiger charge is -2.10. The maximum absolute atomic E-state index is 11.7. The van der Waals surface area contributed by atoms with Gasteiger partial charge in [0, 0.05) is 17.3 Å². The molecule has 0 bridgehead atoms. The highest BCUT2D eigenvalue weighted by Gasteiger charge is 2.12. The van der Waals surface area contributed by atoms with Crippen LogP contribution in [0.2, 0.25) is 0 Å². The molecular weight excluding hydrogens is 293 g/mol. The number of hydrogen-bond acceptors (Lipinski definition) is 4. The van der Waals surface area contributed by atoms with E-state index in [0.29, 0.717) is 13.1 Å². The van der Waals surface area contributed by atoms with E-state index in [1.807, 2.05) is 27.8 Å². The van der Waals surface area contributed by atoms with Crippen molar-refractivity contribution in [3.05, 3.63) is 15.6 Å². The first kappa shape index (κ1) is 20.0. The van der Waals surface area contributed by atoms with Gasteiger partial charge in [0.15, 0.2) is 0 Å². The van der Waals surface area contributed by atoms with Gasteiger partial charge in [0.05, 0.1) is 17.2 Å². The van der Waals surface area contributed by atoms with Crippen molar-refractivity contribution >= 4 is 42.1 Å². The molecule has 0 radical (unpaired) electrons. The van der Waals surface area contributed by atoms with Crippen molar-refractivity contribution in [2.75, 3.05) is 13.6 Å². The summed E-state index contributed by atoms with van der Waals surface area (Å²) in [5.74, 6) is 0.0825. The fraction of sp³-hybridized carbons (Fsp3) is 0.636. The summed E-state index contributed by atoms with van der Waals surface area (Å²) in [7, 11) is 1.85. The first-order valence-corrected chi connectivity index (χ1v) is 6.21. The SMILES string of the molecule is CNCC(C)C(=O)NCc1sc(C)nc1C.Cl.Cl. The van der Waals surface area contributed by atoms with E-state index in [9.17, 15) is 4.79 Å². The van der Waals surface area contributed by atoms with Crippen molar-refractivity contribution in [2.45, 2.75) is 27.3 Å². The van der Waals surface area contributed by atoms with E-state index < -0.39 is 0 Å². The van der Waals surface area contributed by atoms with E-state index in [4.69, 9.17) is 0 Å². The molecule has 1 unspecified atom stereocenters. The fourth-order valence-electron chi connectivity index (χ4n) is 1.48. The van der Waals surface area contributed by atoms with E-state index in [1.165, 1.54) is 0 Å². The second-order valence-electron chi connectivity index (χ2n) is 3.92. The van der Waals surface area contributed by atoms with Crippen LogP contribution in [0.5, 0.6) is 0 Å². The number of nitrogens with one attached hydrogen (secondary N) is 2. The Kier molecular flexibility index (Phi) is 10.6. The third-order valence-corrected chi connectivity index (χ3v) is 3.45. The van der Waals surface area contributed by atoms with Crippen LogP contribution in [-0.4, -0.2) is 24.5 Å². The molecule has 18 heavy (non-hydrogen) atoms. The van der Waals surface area contributed by atoms with Gasteiger partial charge in [-0.1, -0.05) is 6.92 Å². The number of thiazole rings is 1. The van der Waals surface area contributed by atoms with Crippen molar-refractivity contribution in [3.8, 4) is 0 Å². The van der Waals surface area contributed by atoms with E-state index in [0.717, 1.165) is 15.6 Å². The molecule has 0 aliphatic carbocycles. The van der Waals surface area contributed by atoms with E-state index in [1.54, 1.807) is 11.3 Å². The van der Waals surface area contributed by atoms with Crippen LogP contribution in [0.15, 0.2) is 0 Å². The summed E-state index contributed by atoms with van der Waals surface area (Å²) in [6, 6.07) is 0. The predicted molar refractivity (Wildman–Crippen MR) is 81.0 cm³/mol. The summed E-state index contributed by atoms with van der Waals surface area (Å²) in [5.41, 5.74) is 1.02. The van der Waals surface area contributed by atoms with E-state index in [-0.39, 0.29) is 36.6 Å². The minimum atomic E-state index is -0.000625. The van der Waals surface area contributed by atoms with Gasteiger partial charge in [0.2, 0.25) is 5.91 Å². The molecule has 0 aliphatic heterocycles. The molecule has 1 atom stereocenters. The number of aromatic nitrogens is 1. The van der Waals surface area contributed by atoms with E-state index in [2.05, 4.69) is 15.6 Å². The highest BCUT2D eigenvalue weighted by molar-refractivity contribution is 7.11. The second-order valence-corrected chi connectivity index (χ2v) is 5.21. The molecule has 1 aromatic rings. The Labute approximate surface area is 125 Å². The zero-order valence-corrected chi connectivity index (χ0v) is 13.5. The fourth-order valence-corrected chi connectivity index (χ4v) is 2.35. The Morgan fingerprint density at radius 3 is 2.44 bits per heavy atom. The summed E-state index contributed by atoms with van der Waals surface area (Å²) in [4.78, 5) is 17.1. The van der Waals surface area contributed by atoms with Gasteiger partial charge < -0.3 is 10.6 Å². The summed E-state index contributed by atoms with van der Waals surface area (Å²) >= 11 is 1.64. The number of hydrogen-bond donors (Lipinski definition) is 2. The molecule has 0 aromatic carbocycles. The normalized spacial score (nSPS) is 11.1. The third-order valence-electron chi connectivity index (χ3n) is 2.38. The zero-order chi connectivity index (χ0) is 12.1. The van der Waals surface area contributed by atoms with Crippen LogP contribution in [-0.2, 0) is 11.3 Å². The number of nitrogens with zero attached hydrogens (tertiary/aromatic N) is 1. The number of rotatable bonds is 5. The molecule has 0 aliphatic rings. The molecule has 1 aromatic heterocycles. The number of amides is 1. The quantitative estimate of drug-likeness (QED) is 0.875. The predicted octanol–water partition coefficient (Wildman–Crippen LogP) is 2.08. The Bertz CT molecular complexity index is 371. The molecule has 0 saturated heterocycles. The van der Waals surface area contributed by atoms with Crippen LogP contribution in [0.25, 0.3) is 0 Å². The van der Waals surface area contributed by atoms with Gasteiger partial charge in [-0.15, -0.1) is 36.2 Å². The molecule has 1 heterocycles. The summed E-state index contributed by atoms with van der Waals surface area (Å²) in [6.45, 7) is 7.15. The molecule has 0 spiro atoms. The van der Waals surface area contributed by atoms with Gasteiger partial charge in [-0.25, -0.2) is 4.98 Å². The average molecular weight is 314 g/mol. The number of aryl methyl sites for hydroxylation is 2. The Balaban J connectivity index is 0. The number of halogens is 2. The van der Waals surface area contributed by atoms with Crippen LogP contribution in [0.1, 0.15) is 22.5 Å². The van der Waals surface area contributed by atoms with Crippen molar-refractivity contribution < 1.29 is 4.79 Å². The third kappa shape index (κ3) is 6.00. The maximum Gasteiger partial charge on any atom is 0.224 e. The lowest BCUT2D eigenvalue weighted by molar-refractivity contribution is -0.124. The van der Waals surface area contributed by atoms with Gasteiger partial charge in [-0.2, -0.15) is 0 Å². The molecule has 1 rings (SSSR count). The van der Waals surface area contributed by atoms with Crippen LogP contribution in [0, 0.1) is 19.8 Å². The van der Waals surface area contributed by atoms with Crippen LogP contribution < -0.4 is 10.6 Å². The topological polar surface area (TPSA) is 54.0 Å².